The predicted octanol–water partition coefficient (Wildman–Crippen LogP) is 1.46. The molecular formula is C11H11N3O2. The second-order valence-corrected chi connectivity index (χ2v) is 3.21. The number of nitrogens with zero attached hydrogens (tertiary/aromatic N) is 2. The van der Waals surface area contributed by atoms with Crippen molar-refractivity contribution >= 4 is 22.8 Å². The van der Waals surface area contributed by atoms with Gasteiger partial charge in [0.1, 0.15) is 5.82 Å². The van der Waals surface area contributed by atoms with Crippen molar-refractivity contribution in [2.24, 2.45) is 0 Å². The maximum absolute atomic E-state index is 11.3. The van der Waals surface area contributed by atoms with E-state index in [1.807, 2.05) is 12.1 Å². The van der Waals surface area contributed by atoms with E-state index >= 15 is 0 Å². The van der Waals surface area contributed by atoms with Crippen LogP contribution in [0.3, 0.4) is 0 Å². The number of carbonyl (C=O) groups is 1. The molecular weight excluding hydrogens is 206 g/mol. The molecule has 0 aliphatic rings. The highest BCUT2D eigenvalue weighted by atomic mass is 16.5. The molecule has 2 aromatic heterocycles. The van der Waals surface area contributed by atoms with Crippen molar-refractivity contribution in [3.8, 4) is 0 Å². The Morgan fingerprint density at radius 1 is 1.44 bits per heavy atom. The molecule has 2 heterocycles. The van der Waals surface area contributed by atoms with Gasteiger partial charge in [0.25, 0.3) is 0 Å². The van der Waals surface area contributed by atoms with Crippen LogP contribution >= 0.6 is 0 Å². The van der Waals surface area contributed by atoms with E-state index in [4.69, 9.17) is 0 Å². The van der Waals surface area contributed by atoms with Gasteiger partial charge in [0, 0.05) is 18.6 Å². The van der Waals surface area contributed by atoms with Gasteiger partial charge >= 0.3 is 5.97 Å². The van der Waals surface area contributed by atoms with E-state index in [2.05, 4.69) is 20.0 Å². The fourth-order valence-corrected chi connectivity index (χ4v) is 1.38. The van der Waals surface area contributed by atoms with Gasteiger partial charge in [-0.2, -0.15) is 0 Å². The Morgan fingerprint density at radius 3 is 2.94 bits per heavy atom. The zero-order valence-electron chi connectivity index (χ0n) is 9.02. The van der Waals surface area contributed by atoms with Crippen molar-refractivity contribution in [1.29, 1.82) is 0 Å². The highest BCUT2D eigenvalue weighted by Gasteiger charge is 2.07. The Labute approximate surface area is 92.5 Å². The maximum Gasteiger partial charge on any atom is 0.339 e. The fraction of sp³-hybridized carbons (Fsp3) is 0.182. The average Bonchev–Trinajstić information content (AvgIpc) is 2.36. The Kier molecular flexibility index (Phi) is 2.68. The van der Waals surface area contributed by atoms with Gasteiger partial charge in [-0.05, 0) is 18.2 Å². The minimum absolute atomic E-state index is 0.396. The first-order valence-electron chi connectivity index (χ1n) is 4.77. The largest absolute Gasteiger partial charge is 0.465 e. The van der Waals surface area contributed by atoms with Gasteiger partial charge in [-0.3, -0.25) is 0 Å². The molecule has 0 atom stereocenters. The summed E-state index contributed by atoms with van der Waals surface area (Å²) in [4.78, 5) is 19.6. The molecule has 0 aliphatic heterocycles. The van der Waals surface area contributed by atoms with Crippen LogP contribution in [0, 0.1) is 0 Å². The molecule has 5 nitrogen and oxygen atoms in total. The Balaban J connectivity index is 2.51. The lowest BCUT2D eigenvalue weighted by Crippen LogP contribution is -2.02. The minimum Gasteiger partial charge on any atom is -0.465 e. The highest BCUT2D eigenvalue weighted by molar-refractivity contribution is 5.93. The third-order valence-electron chi connectivity index (χ3n) is 2.22. The second-order valence-electron chi connectivity index (χ2n) is 3.21. The standard InChI is InChI=1S/C11H11N3O2/c1-12-9-4-3-7-5-8(11(15)16-2)6-13-10(7)14-9/h3-6H,1-2H3,(H,12,13,14). The number of hydrogen-bond acceptors (Lipinski definition) is 5. The summed E-state index contributed by atoms with van der Waals surface area (Å²) in [5, 5.41) is 3.73. The van der Waals surface area contributed by atoms with Crippen LogP contribution in [0.2, 0.25) is 0 Å². The van der Waals surface area contributed by atoms with Crippen LogP contribution in [0.25, 0.3) is 11.0 Å². The van der Waals surface area contributed by atoms with Gasteiger partial charge in [0.05, 0.1) is 12.7 Å². The van der Waals surface area contributed by atoms with Crippen molar-refractivity contribution in [2.75, 3.05) is 19.5 Å². The summed E-state index contributed by atoms with van der Waals surface area (Å²) in [5.74, 6) is 0.345. The molecule has 1 N–H and O–H groups in total. The van der Waals surface area contributed by atoms with Gasteiger partial charge in [-0.1, -0.05) is 0 Å². The van der Waals surface area contributed by atoms with Crippen LogP contribution in [0.1, 0.15) is 10.4 Å². The number of anilines is 1. The van der Waals surface area contributed by atoms with E-state index < -0.39 is 5.97 Å². The monoisotopic (exact) mass is 217 g/mol. The zero-order valence-corrected chi connectivity index (χ0v) is 9.02. The maximum atomic E-state index is 11.3. The molecule has 2 aromatic rings. The van der Waals surface area contributed by atoms with E-state index in [-0.39, 0.29) is 0 Å². The SMILES string of the molecule is CNc1ccc2cc(C(=O)OC)cnc2n1. The van der Waals surface area contributed by atoms with Crippen molar-refractivity contribution in [3.63, 3.8) is 0 Å². The molecule has 0 unspecified atom stereocenters. The molecule has 0 fully saturated rings. The molecule has 0 spiro atoms. The third kappa shape index (κ3) is 1.79. The number of nitrogens with one attached hydrogen (secondary N) is 1. The van der Waals surface area contributed by atoms with E-state index in [0.717, 1.165) is 11.2 Å². The van der Waals surface area contributed by atoms with Gasteiger partial charge < -0.3 is 10.1 Å². The van der Waals surface area contributed by atoms with Crippen LogP contribution in [0.15, 0.2) is 24.4 Å². The first kappa shape index (κ1) is 10.4. The Morgan fingerprint density at radius 2 is 2.25 bits per heavy atom. The Hall–Kier alpha value is -2.17. The molecule has 0 saturated heterocycles. The number of pyridine rings is 2. The van der Waals surface area contributed by atoms with Crippen molar-refractivity contribution in [1.82, 2.24) is 9.97 Å². The summed E-state index contributed by atoms with van der Waals surface area (Å²) in [6.45, 7) is 0. The summed E-state index contributed by atoms with van der Waals surface area (Å²) >= 11 is 0. The van der Waals surface area contributed by atoms with Crippen molar-refractivity contribution in [2.45, 2.75) is 0 Å². The van der Waals surface area contributed by atoms with Crippen LogP contribution in [-0.2, 0) is 4.74 Å². The van der Waals surface area contributed by atoms with Crippen molar-refractivity contribution in [3.05, 3.63) is 30.0 Å². The molecule has 0 aromatic carbocycles. The number of esters is 1. The Bertz CT molecular complexity index is 540. The molecule has 0 aliphatic carbocycles. The van der Waals surface area contributed by atoms with Gasteiger partial charge in [0.2, 0.25) is 0 Å². The summed E-state index contributed by atoms with van der Waals surface area (Å²) in [6.07, 6.45) is 1.46. The fourth-order valence-electron chi connectivity index (χ4n) is 1.38. The topological polar surface area (TPSA) is 64.1 Å². The summed E-state index contributed by atoms with van der Waals surface area (Å²) in [5.41, 5.74) is 1.02. The van der Waals surface area contributed by atoms with Crippen LogP contribution in [0.4, 0.5) is 5.82 Å². The molecule has 82 valence electrons. The molecule has 0 saturated carbocycles. The van der Waals surface area contributed by atoms with Crippen LogP contribution in [-0.4, -0.2) is 30.1 Å². The predicted molar refractivity (Wildman–Crippen MR) is 60.4 cm³/mol. The lowest BCUT2D eigenvalue weighted by Gasteiger charge is -2.03. The molecule has 0 amide bonds. The number of carbonyl (C=O) groups excluding carboxylic acids is 1. The highest BCUT2D eigenvalue weighted by Crippen LogP contribution is 2.14. The number of fused-ring (bicyclic) bond motifs is 1. The number of methoxy groups -OCH3 is 1. The number of rotatable bonds is 2. The zero-order chi connectivity index (χ0) is 11.5. The van der Waals surface area contributed by atoms with Gasteiger partial charge in [-0.15, -0.1) is 0 Å². The van der Waals surface area contributed by atoms with E-state index in [1.165, 1.54) is 13.3 Å². The molecule has 0 bridgehead atoms. The minimum atomic E-state index is -0.396. The smallest absolute Gasteiger partial charge is 0.339 e. The number of ether oxygens (including phenoxy) is 1. The van der Waals surface area contributed by atoms with E-state index in [9.17, 15) is 4.79 Å². The van der Waals surface area contributed by atoms with Gasteiger partial charge in [0.15, 0.2) is 5.65 Å². The van der Waals surface area contributed by atoms with Crippen LogP contribution in [0.5, 0.6) is 0 Å². The van der Waals surface area contributed by atoms with E-state index in [0.29, 0.717) is 11.2 Å². The lowest BCUT2D eigenvalue weighted by molar-refractivity contribution is 0.0600. The number of hydrogen-bond donors (Lipinski definition) is 1. The molecule has 16 heavy (non-hydrogen) atoms. The first-order chi connectivity index (χ1) is 7.74. The second kappa shape index (κ2) is 4.14. The quantitative estimate of drug-likeness (QED) is 0.771. The summed E-state index contributed by atoms with van der Waals surface area (Å²) < 4.78 is 4.62. The normalized spacial score (nSPS) is 10.1. The molecule has 2 rings (SSSR count). The lowest BCUT2D eigenvalue weighted by atomic mass is 10.2. The summed E-state index contributed by atoms with van der Waals surface area (Å²) in [6, 6.07) is 5.39. The van der Waals surface area contributed by atoms with Crippen LogP contribution < -0.4 is 5.32 Å². The van der Waals surface area contributed by atoms with Crippen molar-refractivity contribution < 1.29 is 9.53 Å². The van der Waals surface area contributed by atoms with Gasteiger partial charge in [-0.25, -0.2) is 14.8 Å². The molecule has 0 radical (unpaired) electrons. The first-order valence-corrected chi connectivity index (χ1v) is 4.77. The average molecular weight is 217 g/mol. The number of aromatic nitrogens is 2. The molecule has 5 heteroatoms. The summed E-state index contributed by atoms with van der Waals surface area (Å²) in [7, 11) is 3.13. The third-order valence-corrected chi connectivity index (χ3v) is 2.22. The van der Waals surface area contributed by atoms with E-state index in [1.54, 1.807) is 13.1 Å².